The van der Waals surface area contributed by atoms with Gasteiger partial charge < -0.3 is 9.47 Å². The molecule has 0 radical (unpaired) electrons. The van der Waals surface area contributed by atoms with E-state index in [4.69, 9.17) is 9.47 Å². The third-order valence-corrected chi connectivity index (χ3v) is 4.35. The molecule has 0 aromatic rings. The van der Waals surface area contributed by atoms with Crippen molar-refractivity contribution in [2.24, 2.45) is 17.8 Å². The molecule has 2 nitrogen and oxygen atoms in total. The van der Waals surface area contributed by atoms with Crippen molar-refractivity contribution in [3.63, 3.8) is 0 Å². The molecule has 1 aliphatic heterocycles. The lowest BCUT2D eigenvalue weighted by Crippen LogP contribution is -2.49. The van der Waals surface area contributed by atoms with Crippen molar-refractivity contribution in [3.8, 4) is 0 Å². The van der Waals surface area contributed by atoms with Crippen LogP contribution in [0.2, 0.25) is 0 Å². The maximum Gasteiger partial charge on any atom is 0.162 e. The van der Waals surface area contributed by atoms with Gasteiger partial charge in [0.15, 0.2) is 6.29 Å². The molecule has 1 heterocycles. The van der Waals surface area contributed by atoms with Gasteiger partial charge in [-0.1, -0.05) is 25.5 Å². The van der Waals surface area contributed by atoms with E-state index in [2.05, 4.69) is 47.6 Å². The third-order valence-electron chi connectivity index (χ3n) is 4.35. The molecule has 0 spiro atoms. The molecule has 2 aliphatic rings. The standard InChI is InChI=1S/C16H28O2/c1-10-7-11(2)14(12(3)8-10)15-17-13(4)9-16(5,6)18-15/h7,11-15H,8-9H2,1-6H3/t11-,12+,13-,14+,15-/m1/s1. The lowest BCUT2D eigenvalue weighted by Gasteiger charge is -2.46. The van der Waals surface area contributed by atoms with E-state index in [1.165, 1.54) is 12.0 Å². The van der Waals surface area contributed by atoms with Gasteiger partial charge in [-0.2, -0.15) is 0 Å². The van der Waals surface area contributed by atoms with Gasteiger partial charge in [0, 0.05) is 12.3 Å². The summed E-state index contributed by atoms with van der Waals surface area (Å²) in [4.78, 5) is 0. The van der Waals surface area contributed by atoms with E-state index >= 15 is 0 Å². The molecule has 1 aliphatic carbocycles. The summed E-state index contributed by atoms with van der Waals surface area (Å²) >= 11 is 0. The zero-order chi connectivity index (χ0) is 13.5. The predicted molar refractivity (Wildman–Crippen MR) is 74.3 cm³/mol. The number of allylic oxidation sites excluding steroid dienone is 2. The van der Waals surface area contributed by atoms with Gasteiger partial charge in [0.2, 0.25) is 0 Å². The van der Waals surface area contributed by atoms with Crippen LogP contribution in [0.15, 0.2) is 11.6 Å². The molecule has 0 saturated carbocycles. The molecule has 1 saturated heterocycles. The molecule has 5 atom stereocenters. The van der Waals surface area contributed by atoms with Crippen molar-refractivity contribution in [1.29, 1.82) is 0 Å². The summed E-state index contributed by atoms with van der Waals surface area (Å²) in [6.45, 7) is 13.4. The van der Waals surface area contributed by atoms with Crippen LogP contribution in [-0.2, 0) is 9.47 Å². The summed E-state index contributed by atoms with van der Waals surface area (Å²) < 4.78 is 12.3. The molecule has 104 valence electrons. The van der Waals surface area contributed by atoms with Crippen LogP contribution in [0.5, 0.6) is 0 Å². The van der Waals surface area contributed by atoms with Crippen LogP contribution in [0, 0.1) is 17.8 Å². The lowest BCUT2D eigenvalue weighted by atomic mass is 9.74. The zero-order valence-electron chi connectivity index (χ0n) is 12.7. The van der Waals surface area contributed by atoms with Crippen molar-refractivity contribution >= 4 is 0 Å². The number of hydrogen-bond acceptors (Lipinski definition) is 2. The summed E-state index contributed by atoms with van der Waals surface area (Å²) in [7, 11) is 0. The van der Waals surface area contributed by atoms with Crippen molar-refractivity contribution in [2.45, 2.75) is 72.4 Å². The highest BCUT2D eigenvalue weighted by molar-refractivity contribution is 5.09. The summed E-state index contributed by atoms with van der Waals surface area (Å²) in [5.41, 5.74) is 1.45. The monoisotopic (exact) mass is 252 g/mol. The Morgan fingerprint density at radius 1 is 1.22 bits per heavy atom. The van der Waals surface area contributed by atoms with E-state index in [0.29, 0.717) is 23.9 Å². The van der Waals surface area contributed by atoms with Crippen LogP contribution < -0.4 is 0 Å². The zero-order valence-corrected chi connectivity index (χ0v) is 12.7. The summed E-state index contributed by atoms with van der Waals surface area (Å²) in [5.74, 6) is 1.66. The van der Waals surface area contributed by atoms with Crippen molar-refractivity contribution in [3.05, 3.63) is 11.6 Å². The van der Waals surface area contributed by atoms with Crippen molar-refractivity contribution in [2.75, 3.05) is 0 Å². The highest BCUT2D eigenvalue weighted by Gasteiger charge is 2.42. The SMILES string of the molecule is CC1=C[C@@H](C)[C@H]([C@@H]2O[C@H](C)CC(C)(C)O2)[C@@H](C)C1. The van der Waals surface area contributed by atoms with Gasteiger partial charge in [0.25, 0.3) is 0 Å². The van der Waals surface area contributed by atoms with Crippen LogP contribution in [0.25, 0.3) is 0 Å². The van der Waals surface area contributed by atoms with Gasteiger partial charge >= 0.3 is 0 Å². The van der Waals surface area contributed by atoms with E-state index in [9.17, 15) is 0 Å². The molecular formula is C16H28O2. The molecule has 0 N–H and O–H groups in total. The second kappa shape index (κ2) is 4.97. The smallest absolute Gasteiger partial charge is 0.162 e. The van der Waals surface area contributed by atoms with E-state index < -0.39 is 0 Å². The lowest BCUT2D eigenvalue weighted by molar-refractivity contribution is -0.296. The average Bonchev–Trinajstić information content (AvgIpc) is 2.11. The predicted octanol–water partition coefficient (Wildman–Crippen LogP) is 4.15. The second-order valence-electron chi connectivity index (χ2n) is 7.03. The fourth-order valence-corrected chi connectivity index (χ4v) is 3.84. The quantitative estimate of drug-likeness (QED) is 0.653. The first-order valence-corrected chi connectivity index (χ1v) is 7.29. The van der Waals surface area contributed by atoms with E-state index in [0.717, 1.165) is 6.42 Å². The Kier molecular flexibility index (Phi) is 3.89. The molecular weight excluding hydrogens is 224 g/mol. The minimum absolute atomic E-state index is 0.0434. The highest BCUT2D eigenvalue weighted by Crippen LogP contribution is 2.41. The van der Waals surface area contributed by atoms with Crippen LogP contribution in [0.1, 0.15) is 54.4 Å². The Labute approximate surface area is 112 Å². The molecule has 0 unspecified atom stereocenters. The fourth-order valence-electron chi connectivity index (χ4n) is 3.84. The van der Waals surface area contributed by atoms with Gasteiger partial charge in [-0.15, -0.1) is 0 Å². The topological polar surface area (TPSA) is 18.5 Å². The third kappa shape index (κ3) is 2.97. The maximum absolute atomic E-state index is 6.21. The molecule has 18 heavy (non-hydrogen) atoms. The first-order chi connectivity index (χ1) is 8.28. The molecule has 2 rings (SSSR count). The molecule has 0 aromatic carbocycles. The van der Waals surface area contributed by atoms with E-state index in [1.54, 1.807) is 0 Å². The highest BCUT2D eigenvalue weighted by atomic mass is 16.7. The summed E-state index contributed by atoms with van der Waals surface area (Å²) in [6, 6.07) is 0. The van der Waals surface area contributed by atoms with Gasteiger partial charge in [0.05, 0.1) is 11.7 Å². The summed E-state index contributed by atoms with van der Waals surface area (Å²) in [6.07, 6.45) is 4.80. The first kappa shape index (κ1) is 14.1. The average molecular weight is 252 g/mol. The Bertz CT molecular complexity index is 332. The minimum Gasteiger partial charge on any atom is -0.349 e. The molecule has 0 aromatic heterocycles. The molecule has 0 amide bonds. The Hall–Kier alpha value is -0.340. The number of rotatable bonds is 1. The first-order valence-electron chi connectivity index (χ1n) is 7.29. The van der Waals surface area contributed by atoms with E-state index in [-0.39, 0.29) is 11.9 Å². The number of hydrogen-bond donors (Lipinski definition) is 0. The normalized spacial score (nSPS) is 44.6. The van der Waals surface area contributed by atoms with Crippen molar-refractivity contribution in [1.82, 2.24) is 0 Å². The Balaban J connectivity index is 2.15. The second-order valence-corrected chi connectivity index (χ2v) is 7.03. The number of ether oxygens (including phenoxy) is 2. The Morgan fingerprint density at radius 3 is 2.44 bits per heavy atom. The van der Waals surface area contributed by atoms with Gasteiger partial charge in [-0.3, -0.25) is 0 Å². The molecule has 1 fully saturated rings. The minimum atomic E-state index is -0.0576. The van der Waals surface area contributed by atoms with Crippen LogP contribution in [-0.4, -0.2) is 18.0 Å². The van der Waals surface area contributed by atoms with Crippen LogP contribution >= 0.6 is 0 Å². The summed E-state index contributed by atoms with van der Waals surface area (Å²) in [5, 5.41) is 0. The Morgan fingerprint density at radius 2 is 1.89 bits per heavy atom. The van der Waals surface area contributed by atoms with Gasteiger partial charge in [0.1, 0.15) is 0 Å². The van der Waals surface area contributed by atoms with Crippen molar-refractivity contribution < 1.29 is 9.47 Å². The van der Waals surface area contributed by atoms with Gasteiger partial charge in [-0.05, 0) is 46.0 Å². The largest absolute Gasteiger partial charge is 0.349 e. The molecule has 2 heteroatoms. The van der Waals surface area contributed by atoms with E-state index in [1.807, 2.05) is 0 Å². The fraction of sp³-hybridized carbons (Fsp3) is 0.875. The molecule has 0 bridgehead atoms. The van der Waals surface area contributed by atoms with Gasteiger partial charge in [-0.25, -0.2) is 0 Å². The van der Waals surface area contributed by atoms with Crippen LogP contribution in [0.3, 0.4) is 0 Å². The van der Waals surface area contributed by atoms with Crippen LogP contribution in [0.4, 0.5) is 0 Å². The maximum atomic E-state index is 6.21.